The summed E-state index contributed by atoms with van der Waals surface area (Å²) in [6.45, 7) is 0.515. The van der Waals surface area contributed by atoms with E-state index < -0.39 is 18.5 Å². The van der Waals surface area contributed by atoms with Crippen LogP contribution in [-0.4, -0.2) is 38.2 Å². The largest absolute Gasteiger partial charge is 0.486 e. The average Bonchev–Trinajstić information content (AvgIpc) is 2.77. The van der Waals surface area contributed by atoms with Crippen molar-refractivity contribution in [3.8, 4) is 23.6 Å². The Hall–Kier alpha value is -4.04. The molecule has 0 unspecified atom stereocenters. The zero-order valence-electron chi connectivity index (χ0n) is 15.5. The van der Waals surface area contributed by atoms with E-state index in [1.807, 2.05) is 12.1 Å². The smallest absolute Gasteiger partial charge is 0.338 e. The summed E-state index contributed by atoms with van der Waals surface area (Å²) in [4.78, 5) is 26.2. The molecule has 0 saturated carbocycles. The van der Waals surface area contributed by atoms with E-state index in [0.717, 1.165) is 0 Å². The highest BCUT2D eigenvalue weighted by atomic mass is 16.6. The summed E-state index contributed by atoms with van der Waals surface area (Å²) in [7, 11) is 0. The number of benzene rings is 2. The minimum atomic E-state index is -0.676. The van der Waals surface area contributed by atoms with Gasteiger partial charge in [0.15, 0.2) is 18.1 Å². The maximum atomic E-state index is 12.7. The number of rotatable bonds is 6. The van der Waals surface area contributed by atoms with Crippen LogP contribution < -0.4 is 14.4 Å². The maximum Gasteiger partial charge on any atom is 0.338 e. The molecule has 1 aliphatic rings. The van der Waals surface area contributed by atoms with E-state index in [4.69, 9.17) is 24.7 Å². The number of nitrogens with zero attached hydrogens (tertiary/aromatic N) is 3. The SMILES string of the molecule is N#CCCN(C(=O)COC(=O)c1ccc(C#N)cc1)c1ccc2c(c1)OCCO2. The molecule has 0 spiro atoms. The van der Waals surface area contributed by atoms with Crippen LogP contribution in [0, 0.1) is 22.7 Å². The van der Waals surface area contributed by atoms with Gasteiger partial charge in [-0.05, 0) is 36.4 Å². The van der Waals surface area contributed by atoms with Crippen LogP contribution in [0.5, 0.6) is 11.5 Å². The maximum absolute atomic E-state index is 12.7. The monoisotopic (exact) mass is 391 g/mol. The molecule has 29 heavy (non-hydrogen) atoms. The molecule has 1 aliphatic heterocycles. The molecule has 0 bridgehead atoms. The predicted octanol–water partition coefficient (Wildman–Crippen LogP) is 2.43. The topological polar surface area (TPSA) is 113 Å². The summed E-state index contributed by atoms with van der Waals surface area (Å²) in [5.74, 6) is -0.0535. The van der Waals surface area contributed by atoms with E-state index in [9.17, 15) is 9.59 Å². The first kappa shape index (κ1) is 19.7. The van der Waals surface area contributed by atoms with Gasteiger partial charge in [0.05, 0.1) is 29.7 Å². The molecule has 0 saturated heterocycles. The van der Waals surface area contributed by atoms with Crippen LogP contribution in [0.2, 0.25) is 0 Å². The lowest BCUT2D eigenvalue weighted by Gasteiger charge is -2.24. The molecule has 8 heteroatoms. The number of nitriles is 2. The third kappa shape index (κ3) is 4.82. The minimum absolute atomic E-state index is 0.115. The van der Waals surface area contributed by atoms with Gasteiger partial charge in [-0.15, -0.1) is 0 Å². The van der Waals surface area contributed by atoms with Gasteiger partial charge in [-0.2, -0.15) is 10.5 Å². The first-order chi connectivity index (χ1) is 14.1. The van der Waals surface area contributed by atoms with Gasteiger partial charge in [0.25, 0.3) is 5.91 Å². The van der Waals surface area contributed by atoms with E-state index in [-0.39, 0.29) is 18.5 Å². The molecule has 0 atom stereocenters. The van der Waals surface area contributed by atoms with Crippen molar-refractivity contribution in [3.05, 3.63) is 53.6 Å². The second-order valence-corrected chi connectivity index (χ2v) is 6.05. The molecule has 146 valence electrons. The molecule has 8 nitrogen and oxygen atoms in total. The number of hydrogen-bond acceptors (Lipinski definition) is 7. The molecule has 3 rings (SSSR count). The number of fused-ring (bicyclic) bond motifs is 1. The van der Waals surface area contributed by atoms with Crippen LogP contribution >= 0.6 is 0 Å². The zero-order chi connectivity index (χ0) is 20.6. The standard InChI is InChI=1S/C21H17N3O5/c22-8-1-9-24(17-6-7-18-19(12-17)28-11-10-27-18)20(25)14-29-21(26)16-4-2-15(13-23)3-5-16/h2-7,12H,1,9-11,14H2. The van der Waals surface area contributed by atoms with Gasteiger partial charge < -0.3 is 19.1 Å². The van der Waals surface area contributed by atoms with Gasteiger partial charge in [0.1, 0.15) is 13.2 Å². The number of hydrogen-bond donors (Lipinski definition) is 0. The van der Waals surface area contributed by atoms with E-state index in [1.165, 1.54) is 29.2 Å². The second-order valence-electron chi connectivity index (χ2n) is 6.05. The number of ether oxygens (including phenoxy) is 3. The highest BCUT2D eigenvalue weighted by molar-refractivity contribution is 5.97. The van der Waals surface area contributed by atoms with Gasteiger partial charge in [-0.3, -0.25) is 4.79 Å². The lowest BCUT2D eigenvalue weighted by Crippen LogP contribution is -2.35. The Morgan fingerprint density at radius 3 is 2.45 bits per heavy atom. The van der Waals surface area contributed by atoms with Crippen molar-refractivity contribution in [1.29, 1.82) is 10.5 Å². The lowest BCUT2D eigenvalue weighted by atomic mass is 10.1. The highest BCUT2D eigenvalue weighted by Gasteiger charge is 2.21. The van der Waals surface area contributed by atoms with Gasteiger partial charge in [0.2, 0.25) is 0 Å². The number of carbonyl (C=O) groups excluding carboxylic acids is 2. The fourth-order valence-corrected chi connectivity index (χ4v) is 2.73. The van der Waals surface area contributed by atoms with Crippen LogP contribution in [0.4, 0.5) is 5.69 Å². The summed E-state index contributed by atoms with van der Waals surface area (Å²) < 4.78 is 16.1. The van der Waals surface area contributed by atoms with Crippen LogP contribution in [-0.2, 0) is 9.53 Å². The summed E-state index contributed by atoms with van der Waals surface area (Å²) >= 11 is 0. The fraction of sp³-hybridized carbons (Fsp3) is 0.238. The van der Waals surface area contributed by atoms with Crippen LogP contribution in [0.1, 0.15) is 22.3 Å². The molecule has 2 aromatic rings. The van der Waals surface area contributed by atoms with Crippen LogP contribution in [0.15, 0.2) is 42.5 Å². The van der Waals surface area contributed by atoms with Crippen LogP contribution in [0.3, 0.4) is 0 Å². The fourth-order valence-electron chi connectivity index (χ4n) is 2.73. The quantitative estimate of drug-likeness (QED) is 0.695. The third-order valence-electron chi connectivity index (χ3n) is 4.16. The summed E-state index contributed by atoms with van der Waals surface area (Å²) in [6, 6.07) is 14.9. The van der Waals surface area contributed by atoms with E-state index in [1.54, 1.807) is 18.2 Å². The van der Waals surface area contributed by atoms with Crippen molar-refractivity contribution < 1.29 is 23.8 Å². The number of anilines is 1. The predicted molar refractivity (Wildman–Crippen MR) is 101 cm³/mol. The molecule has 0 fully saturated rings. The first-order valence-corrected chi connectivity index (χ1v) is 8.86. The molecular weight excluding hydrogens is 374 g/mol. The van der Waals surface area contributed by atoms with Crippen molar-refractivity contribution in [3.63, 3.8) is 0 Å². The third-order valence-corrected chi connectivity index (χ3v) is 4.16. The van der Waals surface area contributed by atoms with Gasteiger partial charge in [-0.25, -0.2) is 4.79 Å². The van der Waals surface area contributed by atoms with Gasteiger partial charge in [0, 0.05) is 18.3 Å². The zero-order valence-corrected chi connectivity index (χ0v) is 15.5. The highest BCUT2D eigenvalue weighted by Crippen LogP contribution is 2.34. The number of carbonyl (C=O) groups is 2. The number of amides is 1. The van der Waals surface area contributed by atoms with Gasteiger partial charge >= 0.3 is 5.97 Å². The molecule has 1 amide bonds. The Labute approximate surface area is 167 Å². The molecule has 2 aromatic carbocycles. The average molecular weight is 391 g/mol. The minimum Gasteiger partial charge on any atom is -0.486 e. The van der Waals surface area contributed by atoms with Crippen molar-refractivity contribution >= 4 is 17.6 Å². The van der Waals surface area contributed by atoms with E-state index in [2.05, 4.69) is 0 Å². The molecule has 0 N–H and O–H groups in total. The summed E-state index contributed by atoms with van der Waals surface area (Å²) in [5.41, 5.74) is 1.17. The second kappa shape index (κ2) is 9.25. The molecule has 0 aliphatic carbocycles. The van der Waals surface area contributed by atoms with Crippen molar-refractivity contribution in [2.24, 2.45) is 0 Å². The van der Waals surface area contributed by atoms with E-state index in [0.29, 0.717) is 36.0 Å². The first-order valence-electron chi connectivity index (χ1n) is 8.86. The Kier molecular flexibility index (Phi) is 6.29. The Morgan fingerprint density at radius 1 is 1.03 bits per heavy atom. The Morgan fingerprint density at radius 2 is 1.76 bits per heavy atom. The van der Waals surface area contributed by atoms with Crippen molar-refractivity contribution in [2.45, 2.75) is 6.42 Å². The van der Waals surface area contributed by atoms with Crippen molar-refractivity contribution in [2.75, 3.05) is 31.3 Å². The summed E-state index contributed by atoms with van der Waals surface area (Å²) in [5, 5.41) is 17.7. The van der Waals surface area contributed by atoms with Crippen LogP contribution in [0.25, 0.3) is 0 Å². The Balaban J connectivity index is 1.69. The molecular formula is C21H17N3O5. The van der Waals surface area contributed by atoms with Crippen molar-refractivity contribution in [1.82, 2.24) is 0 Å². The molecule has 0 radical (unpaired) electrons. The van der Waals surface area contributed by atoms with Gasteiger partial charge in [-0.1, -0.05) is 0 Å². The van der Waals surface area contributed by atoms with E-state index >= 15 is 0 Å². The normalized spacial score (nSPS) is 11.7. The number of esters is 1. The lowest BCUT2D eigenvalue weighted by molar-refractivity contribution is -0.121. The molecule has 0 aromatic heterocycles. The molecule has 1 heterocycles. The summed E-state index contributed by atoms with van der Waals surface area (Å²) in [6.07, 6.45) is 0.115. The Bertz CT molecular complexity index is 989.